The average molecular weight is 282 g/mol. The first-order valence-electron chi connectivity index (χ1n) is 6.29. The van der Waals surface area contributed by atoms with Crippen molar-refractivity contribution in [2.24, 2.45) is 11.7 Å². The Hall–Kier alpha value is -1.95. The molecule has 0 bridgehead atoms. The van der Waals surface area contributed by atoms with E-state index in [0.717, 1.165) is 6.07 Å². The number of ether oxygens (including phenoxy) is 1. The van der Waals surface area contributed by atoms with E-state index in [-0.39, 0.29) is 17.2 Å². The molecule has 1 atom stereocenters. The Bertz CT molecular complexity index is 503. The first-order chi connectivity index (χ1) is 9.35. The molecule has 3 N–H and O–H groups in total. The number of rotatable bonds is 5. The second-order valence-electron chi connectivity index (χ2n) is 4.91. The molecule has 0 aliphatic heterocycles. The summed E-state index contributed by atoms with van der Waals surface area (Å²) in [6.45, 7) is 3.87. The van der Waals surface area contributed by atoms with E-state index in [2.05, 4.69) is 10.1 Å². The Morgan fingerprint density at radius 1 is 1.40 bits per heavy atom. The SMILES string of the molecule is COC(=O)c1ccc(F)c(NC(=O)[C@@H](N)CC(C)C)c1. The first kappa shape index (κ1) is 16.1. The van der Waals surface area contributed by atoms with Gasteiger partial charge in [0, 0.05) is 0 Å². The maximum absolute atomic E-state index is 13.6. The molecule has 1 aromatic rings. The number of benzene rings is 1. The topological polar surface area (TPSA) is 81.4 Å². The fourth-order valence-corrected chi connectivity index (χ4v) is 1.71. The molecule has 20 heavy (non-hydrogen) atoms. The Labute approximate surface area is 117 Å². The van der Waals surface area contributed by atoms with E-state index in [1.165, 1.54) is 19.2 Å². The van der Waals surface area contributed by atoms with Crippen LogP contribution in [-0.2, 0) is 9.53 Å². The fraction of sp³-hybridized carbons (Fsp3) is 0.429. The second-order valence-corrected chi connectivity index (χ2v) is 4.91. The summed E-state index contributed by atoms with van der Waals surface area (Å²) in [4.78, 5) is 23.2. The summed E-state index contributed by atoms with van der Waals surface area (Å²) in [6, 6.07) is 2.87. The number of carbonyl (C=O) groups excluding carboxylic acids is 2. The van der Waals surface area contributed by atoms with Crippen molar-refractivity contribution in [1.82, 2.24) is 0 Å². The first-order valence-corrected chi connectivity index (χ1v) is 6.29. The number of amides is 1. The largest absolute Gasteiger partial charge is 0.465 e. The van der Waals surface area contributed by atoms with Crippen LogP contribution >= 0.6 is 0 Å². The van der Waals surface area contributed by atoms with Gasteiger partial charge in [-0.2, -0.15) is 0 Å². The van der Waals surface area contributed by atoms with Crippen molar-refractivity contribution in [2.45, 2.75) is 26.3 Å². The predicted octanol–water partition coefficient (Wildman–Crippen LogP) is 1.92. The van der Waals surface area contributed by atoms with E-state index in [1.807, 2.05) is 13.8 Å². The summed E-state index contributed by atoms with van der Waals surface area (Å²) in [5, 5.41) is 2.39. The van der Waals surface area contributed by atoms with Crippen molar-refractivity contribution in [3.63, 3.8) is 0 Å². The van der Waals surface area contributed by atoms with Crippen LogP contribution in [0.15, 0.2) is 18.2 Å². The molecule has 0 aliphatic rings. The van der Waals surface area contributed by atoms with Gasteiger partial charge >= 0.3 is 5.97 Å². The van der Waals surface area contributed by atoms with Crippen LogP contribution in [-0.4, -0.2) is 25.0 Å². The van der Waals surface area contributed by atoms with Crippen LogP contribution in [0, 0.1) is 11.7 Å². The molecule has 0 spiro atoms. The Kier molecular flexibility index (Phi) is 5.64. The van der Waals surface area contributed by atoms with E-state index in [9.17, 15) is 14.0 Å². The monoisotopic (exact) mass is 282 g/mol. The van der Waals surface area contributed by atoms with Gasteiger partial charge in [0.15, 0.2) is 0 Å². The average Bonchev–Trinajstić information content (AvgIpc) is 2.39. The molecule has 5 nitrogen and oxygen atoms in total. The van der Waals surface area contributed by atoms with Gasteiger partial charge in [0.05, 0.1) is 24.4 Å². The molecule has 6 heteroatoms. The number of nitrogens with two attached hydrogens (primary N) is 1. The van der Waals surface area contributed by atoms with Gasteiger partial charge in [-0.15, -0.1) is 0 Å². The zero-order chi connectivity index (χ0) is 15.3. The molecule has 0 saturated heterocycles. The highest BCUT2D eigenvalue weighted by atomic mass is 19.1. The van der Waals surface area contributed by atoms with Gasteiger partial charge < -0.3 is 15.8 Å². The highest BCUT2D eigenvalue weighted by Gasteiger charge is 2.17. The Balaban J connectivity index is 2.86. The number of carbonyl (C=O) groups is 2. The molecule has 0 fully saturated rings. The lowest BCUT2D eigenvalue weighted by Crippen LogP contribution is -2.36. The van der Waals surface area contributed by atoms with Crippen LogP contribution in [0.4, 0.5) is 10.1 Å². The number of nitrogens with one attached hydrogen (secondary N) is 1. The zero-order valence-electron chi connectivity index (χ0n) is 11.8. The summed E-state index contributed by atoms with van der Waals surface area (Å²) < 4.78 is 18.2. The number of methoxy groups -OCH3 is 1. The van der Waals surface area contributed by atoms with E-state index in [0.29, 0.717) is 6.42 Å². The Morgan fingerprint density at radius 3 is 2.60 bits per heavy atom. The molecular weight excluding hydrogens is 263 g/mol. The lowest BCUT2D eigenvalue weighted by molar-refractivity contribution is -0.117. The van der Waals surface area contributed by atoms with E-state index >= 15 is 0 Å². The predicted molar refractivity (Wildman–Crippen MR) is 73.8 cm³/mol. The minimum atomic E-state index is -0.726. The standard InChI is InChI=1S/C14H19FN2O3/c1-8(2)6-11(16)13(18)17-12-7-9(14(19)20-3)4-5-10(12)15/h4-5,7-8,11H,6,16H2,1-3H3,(H,17,18)/t11-/m0/s1. The van der Waals surface area contributed by atoms with Gasteiger partial charge in [0.2, 0.25) is 5.91 Å². The number of anilines is 1. The van der Waals surface area contributed by atoms with Gasteiger partial charge in [-0.1, -0.05) is 13.8 Å². The lowest BCUT2D eigenvalue weighted by Gasteiger charge is -2.15. The Morgan fingerprint density at radius 2 is 2.05 bits per heavy atom. The summed E-state index contributed by atoms with van der Waals surface area (Å²) in [5.41, 5.74) is 5.78. The fourth-order valence-electron chi connectivity index (χ4n) is 1.71. The van der Waals surface area contributed by atoms with Gasteiger partial charge in [-0.25, -0.2) is 9.18 Å². The maximum atomic E-state index is 13.6. The molecule has 1 aromatic carbocycles. The smallest absolute Gasteiger partial charge is 0.337 e. The molecule has 0 aliphatic carbocycles. The molecule has 110 valence electrons. The van der Waals surface area contributed by atoms with Crippen LogP contribution in [0.2, 0.25) is 0 Å². The molecular formula is C14H19FN2O3. The third-order valence-corrected chi connectivity index (χ3v) is 2.71. The van der Waals surface area contributed by atoms with Crippen molar-refractivity contribution in [1.29, 1.82) is 0 Å². The molecule has 1 rings (SSSR count). The van der Waals surface area contributed by atoms with Crippen LogP contribution in [0.1, 0.15) is 30.6 Å². The van der Waals surface area contributed by atoms with E-state index in [4.69, 9.17) is 5.73 Å². The molecule has 0 saturated carbocycles. The molecule has 0 aromatic heterocycles. The van der Waals surface area contributed by atoms with Crippen LogP contribution < -0.4 is 11.1 Å². The maximum Gasteiger partial charge on any atom is 0.337 e. The van der Waals surface area contributed by atoms with Gasteiger partial charge in [-0.3, -0.25) is 4.79 Å². The summed E-state index contributed by atoms with van der Waals surface area (Å²) >= 11 is 0. The molecule has 0 heterocycles. The third kappa shape index (κ3) is 4.31. The van der Waals surface area contributed by atoms with Gasteiger partial charge in [0.1, 0.15) is 5.82 Å². The van der Waals surface area contributed by atoms with Crippen molar-refractivity contribution >= 4 is 17.6 Å². The third-order valence-electron chi connectivity index (χ3n) is 2.71. The van der Waals surface area contributed by atoms with Crippen LogP contribution in [0.3, 0.4) is 0 Å². The quantitative estimate of drug-likeness (QED) is 0.808. The lowest BCUT2D eigenvalue weighted by atomic mass is 10.0. The summed E-state index contributed by atoms with van der Waals surface area (Å²) in [5.74, 6) is -1.48. The highest BCUT2D eigenvalue weighted by molar-refractivity contribution is 5.97. The zero-order valence-corrected chi connectivity index (χ0v) is 11.8. The van der Waals surface area contributed by atoms with Crippen molar-refractivity contribution in [3.05, 3.63) is 29.6 Å². The van der Waals surface area contributed by atoms with E-state index in [1.54, 1.807) is 0 Å². The summed E-state index contributed by atoms with van der Waals surface area (Å²) in [6.07, 6.45) is 0.490. The van der Waals surface area contributed by atoms with Crippen molar-refractivity contribution in [3.8, 4) is 0 Å². The van der Waals surface area contributed by atoms with Crippen LogP contribution in [0.5, 0.6) is 0 Å². The number of hydrogen-bond acceptors (Lipinski definition) is 4. The van der Waals surface area contributed by atoms with Crippen molar-refractivity contribution < 1.29 is 18.7 Å². The number of halogens is 1. The number of esters is 1. The van der Waals surface area contributed by atoms with Crippen LogP contribution in [0.25, 0.3) is 0 Å². The molecule has 1 amide bonds. The highest BCUT2D eigenvalue weighted by Crippen LogP contribution is 2.17. The van der Waals surface area contributed by atoms with Gasteiger partial charge in [0.25, 0.3) is 0 Å². The minimum absolute atomic E-state index is 0.0860. The number of hydrogen-bond donors (Lipinski definition) is 2. The normalized spacial score (nSPS) is 12.1. The second kappa shape index (κ2) is 7.00. The minimum Gasteiger partial charge on any atom is -0.465 e. The molecule has 0 unspecified atom stereocenters. The van der Waals surface area contributed by atoms with E-state index < -0.39 is 23.7 Å². The van der Waals surface area contributed by atoms with Gasteiger partial charge in [-0.05, 0) is 30.5 Å². The van der Waals surface area contributed by atoms with Crippen molar-refractivity contribution in [2.75, 3.05) is 12.4 Å². The summed E-state index contributed by atoms with van der Waals surface area (Å²) in [7, 11) is 1.22. The molecule has 0 radical (unpaired) electrons.